The average molecular weight is 409 g/mol. The average Bonchev–Trinajstić information content (AvgIpc) is 2.97. The topological polar surface area (TPSA) is 38.8 Å². The molecule has 2 aromatic carbocycles. The van der Waals surface area contributed by atoms with Gasteiger partial charge in [-0.15, -0.1) is 0 Å². The molecule has 0 bridgehead atoms. The number of nitrogens with zero attached hydrogens (tertiary/aromatic N) is 1. The predicted octanol–water partition coefficient (Wildman–Crippen LogP) is 1.30. The quantitative estimate of drug-likeness (QED) is 0.719. The SMILES string of the molecule is BC1(B)c2c(F)cccc2C(=O)N1Cc1ccc(B2OC(C)(C)C(C)(C)O2)cc1F. The Morgan fingerprint density at radius 3 is 2.20 bits per heavy atom. The van der Waals surface area contributed by atoms with Gasteiger partial charge in [0.2, 0.25) is 0 Å². The zero-order valence-corrected chi connectivity index (χ0v) is 18.2. The van der Waals surface area contributed by atoms with E-state index in [4.69, 9.17) is 9.31 Å². The van der Waals surface area contributed by atoms with E-state index < -0.39 is 35.3 Å². The summed E-state index contributed by atoms with van der Waals surface area (Å²) in [6.07, 6.45) is 0. The van der Waals surface area contributed by atoms with Crippen LogP contribution in [0.1, 0.15) is 49.2 Å². The largest absolute Gasteiger partial charge is 0.494 e. The molecule has 0 saturated carbocycles. The van der Waals surface area contributed by atoms with Crippen LogP contribution < -0.4 is 5.46 Å². The first kappa shape index (κ1) is 21.1. The molecule has 0 aromatic heterocycles. The number of hydrogen-bond acceptors (Lipinski definition) is 3. The fourth-order valence-electron chi connectivity index (χ4n) is 4.12. The van der Waals surface area contributed by atoms with Crippen molar-refractivity contribution in [3.05, 3.63) is 64.7 Å². The van der Waals surface area contributed by atoms with Gasteiger partial charge >= 0.3 is 7.12 Å². The minimum Gasteiger partial charge on any atom is -0.399 e. The van der Waals surface area contributed by atoms with E-state index in [1.54, 1.807) is 33.9 Å². The lowest BCUT2D eigenvalue weighted by Gasteiger charge is -2.33. The molecule has 1 saturated heterocycles. The van der Waals surface area contributed by atoms with Crippen molar-refractivity contribution in [3.8, 4) is 0 Å². The van der Waals surface area contributed by atoms with Crippen molar-refractivity contribution in [1.82, 2.24) is 4.90 Å². The third-order valence-electron chi connectivity index (χ3n) is 6.71. The first-order valence-electron chi connectivity index (χ1n) is 10.1. The van der Waals surface area contributed by atoms with Crippen molar-refractivity contribution in [2.45, 2.75) is 50.8 Å². The highest BCUT2D eigenvalue weighted by Crippen LogP contribution is 2.38. The fourth-order valence-corrected chi connectivity index (χ4v) is 4.12. The molecule has 0 radical (unpaired) electrons. The molecule has 0 spiro atoms. The summed E-state index contributed by atoms with van der Waals surface area (Å²) in [6.45, 7) is 7.80. The minimum absolute atomic E-state index is 0.0371. The smallest absolute Gasteiger partial charge is 0.399 e. The molecule has 2 aliphatic heterocycles. The van der Waals surface area contributed by atoms with Crippen molar-refractivity contribution < 1.29 is 22.9 Å². The van der Waals surface area contributed by atoms with Crippen molar-refractivity contribution >= 4 is 34.2 Å². The molecular weight excluding hydrogens is 385 g/mol. The molecule has 2 heterocycles. The zero-order valence-electron chi connectivity index (χ0n) is 18.2. The van der Waals surface area contributed by atoms with Gasteiger partial charge in [-0.2, -0.15) is 0 Å². The van der Waals surface area contributed by atoms with E-state index in [-0.39, 0.29) is 12.5 Å². The van der Waals surface area contributed by atoms with Crippen LogP contribution in [0, 0.1) is 11.6 Å². The Hall–Kier alpha value is -2.12. The Morgan fingerprint density at radius 1 is 1.00 bits per heavy atom. The van der Waals surface area contributed by atoms with Crippen LogP contribution in [-0.2, 0) is 21.2 Å². The molecule has 0 aliphatic carbocycles. The Bertz CT molecular complexity index is 1030. The Kier molecular flexibility index (Phi) is 4.71. The standard InChI is InChI=1S/C21H24B3F2NO3/c1-19(2)20(3,4)30-24(29-19)13-9-8-12(16(26)10-13)11-27-18(28)14-6-5-7-15(25)17(14)21(27,22)23/h5-10H,11,22-23H2,1-4H3. The maximum Gasteiger partial charge on any atom is 0.494 e. The van der Waals surface area contributed by atoms with E-state index in [2.05, 4.69) is 0 Å². The summed E-state index contributed by atoms with van der Waals surface area (Å²) < 4.78 is 41.4. The molecule has 4 rings (SSSR count). The summed E-state index contributed by atoms with van der Waals surface area (Å²) in [4.78, 5) is 14.4. The van der Waals surface area contributed by atoms with E-state index in [9.17, 15) is 9.18 Å². The predicted molar refractivity (Wildman–Crippen MR) is 117 cm³/mol. The molecule has 1 fully saturated rings. The van der Waals surface area contributed by atoms with Crippen LogP contribution in [0.25, 0.3) is 0 Å². The highest BCUT2D eigenvalue weighted by Gasteiger charge is 2.52. The van der Waals surface area contributed by atoms with Crippen LogP contribution in [0.3, 0.4) is 0 Å². The first-order chi connectivity index (χ1) is 13.8. The van der Waals surface area contributed by atoms with Crippen LogP contribution >= 0.6 is 0 Å². The Labute approximate surface area is 177 Å². The van der Waals surface area contributed by atoms with E-state index >= 15 is 4.39 Å². The number of carbonyl (C=O) groups is 1. The summed E-state index contributed by atoms with van der Waals surface area (Å²) in [5.74, 6) is -1.18. The van der Waals surface area contributed by atoms with Crippen LogP contribution in [0.4, 0.5) is 8.78 Å². The zero-order chi connectivity index (χ0) is 22.1. The summed E-state index contributed by atoms with van der Waals surface area (Å²) in [7, 11) is 2.88. The second kappa shape index (κ2) is 6.69. The van der Waals surface area contributed by atoms with Gasteiger partial charge in [-0.3, -0.25) is 4.79 Å². The van der Waals surface area contributed by atoms with E-state index in [0.717, 1.165) is 0 Å². The number of halogens is 2. The Balaban J connectivity index is 1.60. The lowest BCUT2D eigenvalue weighted by molar-refractivity contribution is 0.00578. The van der Waals surface area contributed by atoms with Gasteiger partial charge in [0.15, 0.2) is 0 Å². The second-order valence-electron chi connectivity index (χ2n) is 9.55. The van der Waals surface area contributed by atoms with E-state index in [1.807, 2.05) is 27.7 Å². The number of hydrogen-bond donors (Lipinski definition) is 0. The Morgan fingerprint density at radius 2 is 1.63 bits per heavy atom. The van der Waals surface area contributed by atoms with Crippen LogP contribution in [0.5, 0.6) is 0 Å². The molecule has 154 valence electrons. The van der Waals surface area contributed by atoms with E-state index in [1.165, 1.54) is 23.1 Å². The van der Waals surface area contributed by atoms with Gasteiger partial charge in [-0.1, -0.05) is 18.2 Å². The lowest BCUT2D eigenvalue weighted by Crippen LogP contribution is -2.45. The van der Waals surface area contributed by atoms with Crippen molar-refractivity contribution in [3.63, 3.8) is 0 Å². The molecule has 0 N–H and O–H groups in total. The van der Waals surface area contributed by atoms with Gasteiger partial charge in [-0.05, 0) is 51.4 Å². The van der Waals surface area contributed by atoms with Crippen LogP contribution in [0.15, 0.2) is 36.4 Å². The fraction of sp³-hybridized carbons (Fsp3) is 0.381. The summed E-state index contributed by atoms with van der Waals surface area (Å²) >= 11 is 0. The number of rotatable bonds is 3. The van der Waals surface area contributed by atoms with Gasteiger partial charge in [0, 0.05) is 28.6 Å². The monoisotopic (exact) mass is 409 g/mol. The maximum absolute atomic E-state index is 15.0. The molecule has 0 unspecified atom stereocenters. The third-order valence-corrected chi connectivity index (χ3v) is 6.71. The summed E-state index contributed by atoms with van der Waals surface area (Å²) in [5, 5.41) is -0.880. The number of carbonyl (C=O) groups excluding carboxylic acids is 1. The highest BCUT2D eigenvalue weighted by molar-refractivity contribution is 6.62. The van der Waals surface area contributed by atoms with E-state index in [0.29, 0.717) is 22.2 Å². The molecule has 9 heteroatoms. The van der Waals surface area contributed by atoms with Crippen molar-refractivity contribution in [2.75, 3.05) is 0 Å². The molecule has 1 amide bonds. The lowest BCUT2D eigenvalue weighted by atomic mass is 9.58. The number of benzene rings is 2. The van der Waals surface area contributed by atoms with Gasteiger partial charge in [0.05, 0.1) is 11.2 Å². The second-order valence-corrected chi connectivity index (χ2v) is 9.55. The number of amides is 1. The molecular formula is C21H24B3F2NO3. The maximum atomic E-state index is 15.0. The first-order valence-corrected chi connectivity index (χ1v) is 10.1. The van der Waals surface area contributed by atoms with Gasteiger partial charge in [0.25, 0.3) is 5.91 Å². The third kappa shape index (κ3) is 3.10. The molecule has 4 nitrogen and oxygen atoms in total. The summed E-state index contributed by atoms with van der Waals surface area (Å²) in [5.41, 5.74) is 0.572. The molecule has 30 heavy (non-hydrogen) atoms. The van der Waals surface area contributed by atoms with Crippen molar-refractivity contribution in [2.24, 2.45) is 0 Å². The van der Waals surface area contributed by atoms with Gasteiger partial charge in [-0.25, -0.2) is 8.78 Å². The van der Waals surface area contributed by atoms with Gasteiger partial charge < -0.3 is 14.2 Å². The van der Waals surface area contributed by atoms with Crippen LogP contribution in [-0.4, -0.2) is 44.8 Å². The normalized spacial score (nSPS) is 21.2. The molecule has 2 aromatic rings. The summed E-state index contributed by atoms with van der Waals surface area (Å²) in [6, 6.07) is 9.25. The molecule has 2 aliphatic rings. The minimum atomic E-state index is -0.880. The number of fused-ring (bicyclic) bond motifs is 1. The van der Waals surface area contributed by atoms with Crippen molar-refractivity contribution in [1.29, 1.82) is 0 Å². The molecule has 0 atom stereocenters. The van der Waals surface area contributed by atoms with Crippen LogP contribution in [0.2, 0.25) is 0 Å². The van der Waals surface area contributed by atoms with Gasteiger partial charge in [0.1, 0.15) is 27.3 Å². The highest BCUT2D eigenvalue weighted by atomic mass is 19.1.